The second kappa shape index (κ2) is 4.80. The van der Waals surface area contributed by atoms with E-state index in [4.69, 9.17) is 5.73 Å². The Hall–Kier alpha value is -0.120. The smallest absolute Gasteiger partial charge is 0.0104 e. The number of nitrogens with two attached hydrogens (primary N) is 1. The fraction of sp³-hybridized carbons (Fsp3) is 1.00. The van der Waals surface area contributed by atoms with Crippen molar-refractivity contribution in [2.75, 3.05) is 26.7 Å². The Labute approximate surface area is 75.3 Å². The van der Waals surface area contributed by atoms with Gasteiger partial charge in [0.05, 0.1) is 0 Å². The molecule has 1 fully saturated rings. The highest BCUT2D eigenvalue weighted by atomic mass is 15.1. The quantitative estimate of drug-likeness (QED) is 0.612. The van der Waals surface area contributed by atoms with Crippen molar-refractivity contribution in [3.05, 3.63) is 0 Å². The largest absolute Gasteiger partial charge is 0.328 e. The van der Waals surface area contributed by atoms with Crippen molar-refractivity contribution in [3.63, 3.8) is 0 Å². The van der Waals surface area contributed by atoms with E-state index in [2.05, 4.69) is 24.2 Å². The summed E-state index contributed by atoms with van der Waals surface area (Å²) in [6.07, 6.45) is 2.33. The molecule has 0 amide bonds. The minimum absolute atomic E-state index is 0.464. The van der Waals surface area contributed by atoms with Crippen LogP contribution in [-0.2, 0) is 0 Å². The van der Waals surface area contributed by atoms with Gasteiger partial charge in [-0.2, -0.15) is 0 Å². The third kappa shape index (κ3) is 3.09. The van der Waals surface area contributed by atoms with Gasteiger partial charge in [-0.1, -0.05) is 6.92 Å². The van der Waals surface area contributed by atoms with Crippen molar-refractivity contribution in [1.29, 1.82) is 0 Å². The van der Waals surface area contributed by atoms with Crippen LogP contribution in [0.2, 0.25) is 0 Å². The fourth-order valence-electron chi connectivity index (χ4n) is 1.45. The average molecular weight is 171 g/mol. The van der Waals surface area contributed by atoms with E-state index in [0.717, 1.165) is 32.5 Å². The molecule has 0 spiro atoms. The summed E-state index contributed by atoms with van der Waals surface area (Å²) in [5.74, 6) is 0. The highest BCUT2D eigenvalue weighted by molar-refractivity contribution is 4.87. The normalized spacial score (nSPS) is 29.0. The van der Waals surface area contributed by atoms with Crippen LogP contribution in [0, 0.1) is 0 Å². The van der Waals surface area contributed by atoms with Crippen LogP contribution in [0.3, 0.4) is 0 Å². The molecule has 0 aromatic carbocycles. The SMILES string of the molecule is CCN(C)CCNC1CC(N)C1. The lowest BCUT2D eigenvalue weighted by Gasteiger charge is -2.33. The van der Waals surface area contributed by atoms with Crippen LogP contribution in [-0.4, -0.2) is 43.7 Å². The van der Waals surface area contributed by atoms with Gasteiger partial charge >= 0.3 is 0 Å². The molecule has 0 aromatic heterocycles. The monoisotopic (exact) mass is 171 g/mol. The number of hydrogen-bond acceptors (Lipinski definition) is 3. The molecule has 1 rings (SSSR count). The molecule has 0 unspecified atom stereocenters. The van der Waals surface area contributed by atoms with E-state index in [0.29, 0.717) is 12.1 Å². The average Bonchev–Trinajstić information content (AvgIpc) is 2.01. The number of likely N-dealkylation sites (N-methyl/N-ethyl adjacent to an activating group) is 1. The first kappa shape index (κ1) is 9.96. The molecule has 0 radical (unpaired) electrons. The molecule has 3 heteroatoms. The Balaban J connectivity index is 1.89. The van der Waals surface area contributed by atoms with Crippen LogP contribution in [0.4, 0.5) is 0 Å². The molecule has 0 atom stereocenters. The predicted molar refractivity (Wildman–Crippen MR) is 52.2 cm³/mol. The molecular formula is C9H21N3. The molecule has 1 aliphatic rings. The Kier molecular flexibility index (Phi) is 3.98. The standard InChI is InChI=1S/C9H21N3/c1-3-12(2)5-4-11-9-6-8(10)7-9/h8-9,11H,3-7,10H2,1-2H3. The number of nitrogens with one attached hydrogen (secondary N) is 1. The third-order valence-electron chi connectivity index (χ3n) is 2.64. The third-order valence-corrected chi connectivity index (χ3v) is 2.64. The maximum Gasteiger partial charge on any atom is 0.0104 e. The Morgan fingerprint density at radius 1 is 1.50 bits per heavy atom. The summed E-state index contributed by atoms with van der Waals surface area (Å²) in [6, 6.07) is 1.16. The van der Waals surface area contributed by atoms with Gasteiger partial charge < -0.3 is 16.0 Å². The Morgan fingerprint density at radius 3 is 2.67 bits per heavy atom. The zero-order chi connectivity index (χ0) is 8.97. The van der Waals surface area contributed by atoms with Crippen LogP contribution in [0.5, 0.6) is 0 Å². The van der Waals surface area contributed by atoms with E-state index < -0.39 is 0 Å². The van der Waals surface area contributed by atoms with Crippen LogP contribution in [0.15, 0.2) is 0 Å². The summed E-state index contributed by atoms with van der Waals surface area (Å²) in [5, 5.41) is 3.49. The molecular weight excluding hydrogens is 150 g/mol. The zero-order valence-electron chi connectivity index (χ0n) is 8.21. The number of rotatable bonds is 5. The molecule has 12 heavy (non-hydrogen) atoms. The molecule has 0 aliphatic heterocycles. The van der Waals surface area contributed by atoms with Gasteiger partial charge in [-0.25, -0.2) is 0 Å². The van der Waals surface area contributed by atoms with Crippen molar-refractivity contribution >= 4 is 0 Å². The summed E-state index contributed by atoms with van der Waals surface area (Å²) >= 11 is 0. The van der Waals surface area contributed by atoms with Gasteiger partial charge in [0.1, 0.15) is 0 Å². The van der Waals surface area contributed by atoms with Crippen molar-refractivity contribution in [2.45, 2.75) is 31.8 Å². The second-order valence-electron chi connectivity index (χ2n) is 3.78. The first-order valence-electron chi connectivity index (χ1n) is 4.90. The lowest BCUT2D eigenvalue weighted by atomic mass is 9.88. The molecule has 1 saturated carbocycles. The maximum absolute atomic E-state index is 5.68. The lowest BCUT2D eigenvalue weighted by molar-refractivity contribution is 0.271. The van der Waals surface area contributed by atoms with Gasteiger partial charge in [0, 0.05) is 25.2 Å². The molecule has 3 N–H and O–H groups in total. The van der Waals surface area contributed by atoms with Gasteiger partial charge in [-0.3, -0.25) is 0 Å². The zero-order valence-corrected chi connectivity index (χ0v) is 8.21. The number of hydrogen-bond donors (Lipinski definition) is 2. The molecule has 0 aromatic rings. The number of nitrogens with zero attached hydrogens (tertiary/aromatic N) is 1. The first-order valence-corrected chi connectivity index (χ1v) is 4.90. The van der Waals surface area contributed by atoms with E-state index in [-0.39, 0.29) is 0 Å². The molecule has 0 saturated heterocycles. The Morgan fingerprint density at radius 2 is 2.17 bits per heavy atom. The second-order valence-corrected chi connectivity index (χ2v) is 3.78. The molecule has 3 nitrogen and oxygen atoms in total. The van der Waals surface area contributed by atoms with E-state index in [1.165, 1.54) is 0 Å². The Bertz CT molecular complexity index is 121. The highest BCUT2D eigenvalue weighted by Crippen LogP contribution is 2.16. The van der Waals surface area contributed by atoms with E-state index in [1.54, 1.807) is 0 Å². The van der Waals surface area contributed by atoms with Crippen molar-refractivity contribution < 1.29 is 0 Å². The van der Waals surface area contributed by atoms with Crippen molar-refractivity contribution in [2.24, 2.45) is 5.73 Å². The fourth-order valence-corrected chi connectivity index (χ4v) is 1.45. The van der Waals surface area contributed by atoms with E-state index in [1.807, 2.05) is 0 Å². The minimum Gasteiger partial charge on any atom is -0.328 e. The van der Waals surface area contributed by atoms with Gasteiger partial charge in [-0.15, -0.1) is 0 Å². The van der Waals surface area contributed by atoms with Gasteiger partial charge in [0.25, 0.3) is 0 Å². The summed E-state index contributed by atoms with van der Waals surface area (Å²) in [6.45, 7) is 5.55. The predicted octanol–water partition coefficient (Wildman–Crippen LogP) is 0.0174. The maximum atomic E-state index is 5.68. The summed E-state index contributed by atoms with van der Waals surface area (Å²) in [7, 11) is 2.15. The molecule has 1 aliphatic carbocycles. The molecule has 72 valence electrons. The highest BCUT2D eigenvalue weighted by Gasteiger charge is 2.24. The molecule has 0 bridgehead atoms. The van der Waals surface area contributed by atoms with Crippen molar-refractivity contribution in [3.8, 4) is 0 Å². The molecule has 0 heterocycles. The summed E-state index contributed by atoms with van der Waals surface area (Å²) in [4.78, 5) is 2.31. The van der Waals surface area contributed by atoms with E-state index in [9.17, 15) is 0 Å². The van der Waals surface area contributed by atoms with Crippen LogP contribution in [0.25, 0.3) is 0 Å². The summed E-state index contributed by atoms with van der Waals surface area (Å²) in [5.41, 5.74) is 5.68. The van der Waals surface area contributed by atoms with Crippen molar-refractivity contribution in [1.82, 2.24) is 10.2 Å². The minimum atomic E-state index is 0.464. The van der Waals surface area contributed by atoms with E-state index >= 15 is 0 Å². The van der Waals surface area contributed by atoms with Crippen LogP contribution >= 0.6 is 0 Å². The van der Waals surface area contributed by atoms with Crippen LogP contribution in [0.1, 0.15) is 19.8 Å². The summed E-state index contributed by atoms with van der Waals surface area (Å²) < 4.78 is 0. The van der Waals surface area contributed by atoms with Gasteiger partial charge in [-0.05, 0) is 26.4 Å². The van der Waals surface area contributed by atoms with Gasteiger partial charge in [0.2, 0.25) is 0 Å². The van der Waals surface area contributed by atoms with Crippen LogP contribution < -0.4 is 11.1 Å². The topological polar surface area (TPSA) is 41.3 Å². The lowest BCUT2D eigenvalue weighted by Crippen LogP contribution is -2.49. The van der Waals surface area contributed by atoms with Gasteiger partial charge in [0.15, 0.2) is 0 Å². The first-order chi connectivity index (χ1) is 5.72.